The Morgan fingerprint density at radius 3 is 2.60 bits per heavy atom. The van der Waals surface area contributed by atoms with Crippen LogP contribution in [0, 0.1) is 5.92 Å². The maximum atomic E-state index is 3.77. The van der Waals surface area contributed by atoms with Crippen molar-refractivity contribution < 1.29 is 0 Å². The second kappa shape index (κ2) is 7.27. The van der Waals surface area contributed by atoms with Crippen molar-refractivity contribution in [3.63, 3.8) is 0 Å². The first kappa shape index (κ1) is 13.0. The summed E-state index contributed by atoms with van der Waals surface area (Å²) < 4.78 is 0. The van der Waals surface area contributed by atoms with Crippen molar-refractivity contribution in [2.24, 2.45) is 5.92 Å². The fourth-order valence-electron chi connectivity index (χ4n) is 2.76. The summed E-state index contributed by atoms with van der Waals surface area (Å²) in [6.07, 6.45) is 11.3. The lowest BCUT2D eigenvalue weighted by Crippen LogP contribution is -2.35. The Labute approximate surface area is 96.0 Å². The normalized spacial score (nSPS) is 29.8. The highest BCUT2D eigenvalue weighted by atomic mass is 14.9. The van der Waals surface area contributed by atoms with Crippen molar-refractivity contribution in [2.45, 2.75) is 84.2 Å². The fraction of sp³-hybridized carbons (Fsp3) is 1.00. The molecule has 1 fully saturated rings. The molecule has 1 rings (SSSR count). The van der Waals surface area contributed by atoms with E-state index < -0.39 is 0 Å². The second-order valence-corrected chi connectivity index (χ2v) is 5.34. The first-order valence-corrected chi connectivity index (χ1v) is 7.02. The highest BCUT2D eigenvalue weighted by molar-refractivity contribution is 4.76. The third-order valence-electron chi connectivity index (χ3n) is 3.92. The minimum absolute atomic E-state index is 0.706. The quantitative estimate of drug-likeness (QED) is 0.674. The number of rotatable bonds is 5. The van der Waals surface area contributed by atoms with Gasteiger partial charge in [-0.2, -0.15) is 0 Å². The third-order valence-corrected chi connectivity index (χ3v) is 3.92. The van der Waals surface area contributed by atoms with Crippen LogP contribution in [-0.4, -0.2) is 12.1 Å². The van der Waals surface area contributed by atoms with Gasteiger partial charge in [-0.3, -0.25) is 0 Å². The van der Waals surface area contributed by atoms with Gasteiger partial charge in [-0.15, -0.1) is 0 Å². The molecule has 1 aliphatic carbocycles. The molecule has 0 aromatic carbocycles. The summed E-state index contributed by atoms with van der Waals surface area (Å²) in [5.74, 6) is 1.03. The topological polar surface area (TPSA) is 12.0 Å². The minimum atomic E-state index is 0.706. The molecule has 90 valence electrons. The van der Waals surface area contributed by atoms with E-state index in [-0.39, 0.29) is 0 Å². The summed E-state index contributed by atoms with van der Waals surface area (Å²) in [6.45, 7) is 6.91. The second-order valence-electron chi connectivity index (χ2n) is 5.34. The lowest BCUT2D eigenvalue weighted by molar-refractivity contribution is 0.385. The summed E-state index contributed by atoms with van der Waals surface area (Å²) in [7, 11) is 0. The molecule has 15 heavy (non-hydrogen) atoms. The van der Waals surface area contributed by atoms with E-state index in [0.717, 1.165) is 12.0 Å². The molecule has 1 N–H and O–H groups in total. The zero-order valence-corrected chi connectivity index (χ0v) is 10.9. The maximum Gasteiger partial charge on any atom is 0.00696 e. The molecule has 3 unspecified atom stereocenters. The predicted octanol–water partition coefficient (Wildman–Crippen LogP) is 4.12. The molecule has 0 aromatic heterocycles. The van der Waals surface area contributed by atoms with Gasteiger partial charge < -0.3 is 5.32 Å². The highest BCUT2D eigenvalue weighted by Crippen LogP contribution is 2.26. The van der Waals surface area contributed by atoms with Crippen LogP contribution in [-0.2, 0) is 0 Å². The van der Waals surface area contributed by atoms with Gasteiger partial charge in [0.1, 0.15) is 0 Å². The number of hydrogen-bond acceptors (Lipinski definition) is 1. The Morgan fingerprint density at radius 2 is 1.93 bits per heavy atom. The molecule has 1 saturated carbocycles. The molecule has 0 aromatic rings. The Morgan fingerprint density at radius 1 is 1.13 bits per heavy atom. The summed E-state index contributed by atoms with van der Waals surface area (Å²) in [4.78, 5) is 0. The van der Waals surface area contributed by atoms with Gasteiger partial charge >= 0.3 is 0 Å². The number of hydrogen-bond donors (Lipinski definition) is 1. The van der Waals surface area contributed by atoms with Gasteiger partial charge in [0.2, 0.25) is 0 Å². The van der Waals surface area contributed by atoms with E-state index in [1.54, 1.807) is 0 Å². The van der Waals surface area contributed by atoms with Crippen LogP contribution in [0.5, 0.6) is 0 Å². The molecule has 0 spiro atoms. The monoisotopic (exact) mass is 211 g/mol. The van der Waals surface area contributed by atoms with Gasteiger partial charge in [0.15, 0.2) is 0 Å². The highest BCUT2D eigenvalue weighted by Gasteiger charge is 2.18. The molecule has 1 aliphatic rings. The summed E-state index contributed by atoms with van der Waals surface area (Å²) >= 11 is 0. The van der Waals surface area contributed by atoms with Gasteiger partial charge in [-0.25, -0.2) is 0 Å². The molecule has 1 heteroatoms. The van der Waals surface area contributed by atoms with Crippen LogP contribution in [0.15, 0.2) is 0 Å². The first-order valence-electron chi connectivity index (χ1n) is 7.02. The molecule has 0 radical (unpaired) electrons. The van der Waals surface area contributed by atoms with Crippen LogP contribution < -0.4 is 5.32 Å². The van der Waals surface area contributed by atoms with Crippen molar-refractivity contribution in [2.75, 3.05) is 0 Å². The molecule has 0 aliphatic heterocycles. The van der Waals surface area contributed by atoms with Crippen LogP contribution in [0.4, 0.5) is 0 Å². The third kappa shape index (κ3) is 5.01. The molecule has 0 amide bonds. The Hall–Kier alpha value is -0.0400. The van der Waals surface area contributed by atoms with Crippen LogP contribution in [0.25, 0.3) is 0 Å². The zero-order valence-electron chi connectivity index (χ0n) is 10.9. The van der Waals surface area contributed by atoms with E-state index in [1.165, 1.54) is 51.4 Å². The summed E-state index contributed by atoms with van der Waals surface area (Å²) in [5, 5.41) is 3.77. The van der Waals surface area contributed by atoms with Crippen LogP contribution in [0.2, 0.25) is 0 Å². The Balaban J connectivity index is 2.26. The van der Waals surface area contributed by atoms with Crippen LogP contribution in [0.1, 0.15) is 72.1 Å². The van der Waals surface area contributed by atoms with E-state index >= 15 is 0 Å². The van der Waals surface area contributed by atoms with Gasteiger partial charge in [0.05, 0.1) is 0 Å². The van der Waals surface area contributed by atoms with Crippen molar-refractivity contribution in [3.8, 4) is 0 Å². The molecule has 3 atom stereocenters. The standard InChI is InChI=1S/C14H29N/c1-4-7-13-8-6-9-14(11-10-13)15-12(3)5-2/h12-15H,4-11H2,1-3H3. The Bertz CT molecular complexity index is 155. The van der Waals surface area contributed by atoms with Gasteiger partial charge in [-0.1, -0.05) is 39.5 Å². The molecule has 0 bridgehead atoms. The molecular weight excluding hydrogens is 182 g/mol. The van der Waals surface area contributed by atoms with E-state index in [4.69, 9.17) is 0 Å². The van der Waals surface area contributed by atoms with Crippen molar-refractivity contribution in [1.29, 1.82) is 0 Å². The molecule has 0 saturated heterocycles. The van der Waals surface area contributed by atoms with E-state index in [1.807, 2.05) is 0 Å². The van der Waals surface area contributed by atoms with E-state index in [2.05, 4.69) is 26.1 Å². The average Bonchev–Trinajstić information content (AvgIpc) is 2.45. The number of nitrogens with one attached hydrogen (secondary N) is 1. The van der Waals surface area contributed by atoms with Gasteiger partial charge in [0.25, 0.3) is 0 Å². The summed E-state index contributed by atoms with van der Waals surface area (Å²) in [6, 6.07) is 1.51. The van der Waals surface area contributed by atoms with E-state index in [9.17, 15) is 0 Å². The lowest BCUT2D eigenvalue weighted by atomic mass is 9.95. The summed E-state index contributed by atoms with van der Waals surface area (Å²) in [5.41, 5.74) is 0. The van der Waals surface area contributed by atoms with Crippen LogP contribution >= 0.6 is 0 Å². The lowest BCUT2D eigenvalue weighted by Gasteiger charge is -2.21. The maximum absolute atomic E-state index is 3.77. The Kier molecular flexibility index (Phi) is 6.31. The first-order chi connectivity index (χ1) is 7.26. The molecule has 0 heterocycles. The zero-order chi connectivity index (χ0) is 11.1. The van der Waals surface area contributed by atoms with Crippen molar-refractivity contribution in [1.82, 2.24) is 5.32 Å². The fourth-order valence-corrected chi connectivity index (χ4v) is 2.76. The molecular formula is C14H29N. The predicted molar refractivity (Wildman–Crippen MR) is 68.2 cm³/mol. The van der Waals surface area contributed by atoms with Gasteiger partial charge in [0, 0.05) is 12.1 Å². The average molecular weight is 211 g/mol. The van der Waals surface area contributed by atoms with Crippen LogP contribution in [0.3, 0.4) is 0 Å². The smallest absolute Gasteiger partial charge is 0.00696 e. The van der Waals surface area contributed by atoms with Crippen molar-refractivity contribution in [3.05, 3.63) is 0 Å². The minimum Gasteiger partial charge on any atom is -0.312 e. The van der Waals surface area contributed by atoms with Crippen molar-refractivity contribution >= 4 is 0 Å². The largest absolute Gasteiger partial charge is 0.312 e. The van der Waals surface area contributed by atoms with E-state index in [0.29, 0.717) is 6.04 Å². The van der Waals surface area contributed by atoms with Gasteiger partial charge in [-0.05, 0) is 38.5 Å². The molecule has 1 nitrogen and oxygen atoms in total. The SMILES string of the molecule is CCCC1CCCC(NC(C)CC)CC1.